The van der Waals surface area contributed by atoms with Crippen molar-refractivity contribution in [2.75, 3.05) is 0 Å². The molecule has 8 aromatic carbocycles. The molecule has 59 heavy (non-hydrogen) atoms. The largest absolute Gasteiger partial charge is 0.247 e. The number of benzene rings is 8. The Bertz CT molecular complexity index is 3170. The lowest BCUT2D eigenvalue weighted by atomic mass is 9.99. The van der Waals surface area contributed by atoms with E-state index in [0.29, 0.717) is 5.82 Å². The van der Waals surface area contributed by atoms with Crippen molar-refractivity contribution in [3.63, 3.8) is 0 Å². The molecule has 0 spiro atoms. The molecular formula is C55H35N3S. The van der Waals surface area contributed by atoms with Crippen LogP contribution < -0.4 is 0 Å². The Balaban J connectivity index is 1.02. The summed E-state index contributed by atoms with van der Waals surface area (Å²) in [5.41, 5.74) is 14.8. The Morgan fingerprint density at radius 3 is 1.32 bits per heavy atom. The highest BCUT2D eigenvalue weighted by Gasteiger charge is 2.18. The van der Waals surface area contributed by atoms with E-state index in [2.05, 4.69) is 200 Å². The maximum atomic E-state index is 5.43. The number of pyridine rings is 1. The average molecular weight is 770 g/mol. The smallest absolute Gasteiger partial charge is 0.160 e. The van der Waals surface area contributed by atoms with Gasteiger partial charge in [-0.2, -0.15) is 0 Å². The molecule has 0 saturated carbocycles. The Morgan fingerprint density at radius 2 is 0.746 bits per heavy atom. The molecule has 3 nitrogen and oxygen atoms in total. The van der Waals surface area contributed by atoms with Crippen LogP contribution in [0.4, 0.5) is 0 Å². The van der Waals surface area contributed by atoms with Gasteiger partial charge >= 0.3 is 0 Å². The molecule has 0 unspecified atom stereocenters. The van der Waals surface area contributed by atoms with Crippen molar-refractivity contribution in [2.24, 2.45) is 0 Å². The van der Waals surface area contributed by atoms with Crippen molar-refractivity contribution in [3.05, 3.63) is 212 Å². The van der Waals surface area contributed by atoms with E-state index in [4.69, 9.17) is 15.0 Å². The van der Waals surface area contributed by atoms with Crippen LogP contribution in [0.5, 0.6) is 0 Å². The van der Waals surface area contributed by atoms with Crippen LogP contribution >= 0.6 is 11.3 Å². The van der Waals surface area contributed by atoms with Crippen molar-refractivity contribution >= 4 is 42.4 Å². The number of aromatic nitrogens is 3. The van der Waals surface area contributed by atoms with Crippen molar-refractivity contribution in [3.8, 4) is 78.5 Å². The lowest BCUT2D eigenvalue weighted by Crippen LogP contribution is -1.96. The molecule has 3 heterocycles. The second-order valence-corrected chi connectivity index (χ2v) is 15.8. The van der Waals surface area contributed by atoms with Gasteiger partial charge in [0.05, 0.1) is 22.6 Å². The predicted octanol–water partition coefficient (Wildman–Crippen LogP) is 15.1. The van der Waals surface area contributed by atoms with Crippen LogP contribution in [0.1, 0.15) is 0 Å². The summed E-state index contributed by atoms with van der Waals surface area (Å²) in [4.78, 5) is 15.8. The molecule has 0 aliphatic carbocycles. The quantitative estimate of drug-likeness (QED) is 0.162. The Kier molecular flexibility index (Phi) is 8.68. The number of hydrogen-bond acceptors (Lipinski definition) is 4. The van der Waals surface area contributed by atoms with Crippen LogP contribution in [0.3, 0.4) is 0 Å². The molecule has 0 atom stereocenters. The third kappa shape index (κ3) is 6.56. The predicted molar refractivity (Wildman–Crippen MR) is 248 cm³/mol. The van der Waals surface area contributed by atoms with Crippen molar-refractivity contribution < 1.29 is 0 Å². The molecular weight excluding hydrogens is 735 g/mol. The van der Waals surface area contributed by atoms with Gasteiger partial charge in [-0.05, 0) is 51.6 Å². The summed E-state index contributed by atoms with van der Waals surface area (Å²) < 4.78 is 2.51. The zero-order valence-electron chi connectivity index (χ0n) is 32.0. The molecule has 0 fully saturated rings. The first-order chi connectivity index (χ1) is 29.2. The van der Waals surface area contributed by atoms with Gasteiger partial charge in [-0.15, -0.1) is 11.3 Å². The fraction of sp³-hybridized carbons (Fsp3) is 0. The zero-order valence-corrected chi connectivity index (χ0v) is 32.8. The molecule has 0 bridgehead atoms. The minimum absolute atomic E-state index is 0.674. The average Bonchev–Trinajstić information content (AvgIpc) is 3.72. The second kappa shape index (κ2) is 14.8. The van der Waals surface area contributed by atoms with Crippen LogP contribution in [0.25, 0.3) is 110 Å². The lowest BCUT2D eigenvalue weighted by molar-refractivity contribution is 1.18. The van der Waals surface area contributed by atoms with E-state index in [9.17, 15) is 0 Å². The summed E-state index contributed by atoms with van der Waals surface area (Å²) >= 11 is 1.84. The Hall–Kier alpha value is -7.53. The van der Waals surface area contributed by atoms with Gasteiger partial charge < -0.3 is 0 Å². The van der Waals surface area contributed by atoms with Gasteiger partial charge in [0.1, 0.15) is 0 Å². The van der Waals surface area contributed by atoms with Crippen molar-refractivity contribution in [1.29, 1.82) is 0 Å². The number of thiophene rings is 1. The maximum Gasteiger partial charge on any atom is 0.160 e. The topological polar surface area (TPSA) is 38.7 Å². The monoisotopic (exact) mass is 769 g/mol. The van der Waals surface area contributed by atoms with Crippen LogP contribution in [0.15, 0.2) is 212 Å². The first-order valence-electron chi connectivity index (χ1n) is 19.8. The molecule has 0 amide bonds. The summed E-state index contributed by atoms with van der Waals surface area (Å²) in [7, 11) is 0. The SMILES string of the molecule is c1ccc(-c2ccc(-c3cc(-c4ccc(-c5ccccc5)cc4)nc(-c4ccc(-c5nc6cc(-c7ccccc7)ccc6c6sc7ccccc7c56)cc4)n3)cc2)cc1. The molecule has 11 aromatic rings. The van der Waals surface area contributed by atoms with E-state index < -0.39 is 0 Å². The molecule has 0 saturated heterocycles. The summed E-state index contributed by atoms with van der Waals surface area (Å²) in [6.45, 7) is 0. The van der Waals surface area contributed by atoms with E-state index in [1.54, 1.807) is 0 Å². The number of rotatable bonds is 7. The van der Waals surface area contributed by atoms with Crippen molar-refractivity contribution in [2.45, 2.75) is 0 Å². The first kappa shape index (κ1) is 34.7. The van der Waals surface area contributed by atoms with Crippen LogP contribution in [0, 0.1) is 0 Å². The molecule has 0 N–H and O–H groups in total. The van der Waals surface area contributed by atoms with E-state index in [1.165, 1.54) is 53.4 Å². The lowest BCUT2D eigenvalue weighted by Gasteiger charge is -2.12. The highest BCUT2D eigenvalue weighted by atomic mass is 32.1. The zero-order chi connectivity index (χ0) is 39.1. The van der Waals surface area contributed by atoms with Gasteiger partial charge in [0, 0.05) is 47.8 Å². The number of hydrogen-bond donors (Lipinski definition) is 0. The maximum absolute atomic E-state index is 5.43. The van der Waals surface area contributed by atoms with Gasteiger partial charge in [-0.1, -0.05) is 194 Å². The molecule has 0 aliphatic rings. The molecule has 4 heteroatoms. The molecule has 3 aromatic heterocycles. The Labute approximate surface area is 346 Å². The van der Waals surface area contributed by atoms with E-state index >= 15 is 0 Å². The highest BCUT2D eigenvalue weighted by molar-refractivity contribution is 7.26. The third-order valence-electron chi connectivity index (χ3n) is 11.1. The van der Waals surface area contributed by atoms with Crippen molar-refractivity contribution in [1.82, 2.24) is 15.0 Å². The fourth-order valence-corrected chi connectivity index (χ4v) is 9.30. The Morgan fingerprint density at radius 1 is 0.305 bits per heavy atom. The first-order valence-corrected chi connectivity index (χ1v) is 20.7. The van der Waals surface area contributed by atoms with E-state index in [-0.39, 0.29) is 0 Å². The van der Waals surface area contributed by atoms with E-state index in [0.717, 1.165) is 50.4 Å². The van der Waals surface area contributed by atoms with Crippen LogP contribution in [0.2, 0.25) is 0 Å². The molecule has 11 rings (SSSR count). The molecule has 0 radical (unpaired) electrons. The third-order valence-corrected chi connectivity index (χ3v) is 12.3. The standard InChI is InChI=1S/C55H35N3S/c1-4-12-36(13-5-1)39-20-24-41(25-21-39)48-35-49(42-26-22-40(23-27-42)37-14-6-2-7-15-37)58-55(57-48)44-30-28-43(29-31-44)53-52-47-18-10-11-19-51(47)59-54(52)46-33-32-45(34-50(46)56-53)38-16-8-3-9-17-38/h1-35H. The number of nitrogens with zero attached hydrogens (tertiary/aromatic N) is 3. The van der Waals surface area contributed by atoms with Crippen LogP contribution in [-0.4, -0.2) is 15.0 Å². The minimum atomic E-state index is 0.674. The van der Waals surface area contributed by atoms with E-state index in [1.807, 2.05) is 23.5 Å². The van der Waals surface area contributed by atoms with Gasteiger partial charge in [-0.3, -0.25) is 0 Å². The summed E-state index contributed by atoms with van der Waals surface area (Å²) in [6, 6.07) is 74.9. The molecule has 276 valence electrons. The normalized spacial score (nSPS) is 11.4. The van der Waals surface area contributed by atoms with Gasteiger partial charge in [0.2, 0.25) is 0 Å². The van der Waals surface area contributed by atoms with Gasteiger partial charge in [0.25, 0.3) is 0 Å². The summed E-state index contributed by atoms with van der Waals surface area (Å²) in [5, 5.41) is 3.59. The van der Waals surface area contributed by atoms with Crippen LogP contribution in [-0.2, 0) is 0 Å². The van der Waals surface area contributed by atoms with Gasteiger partial charge in [0.15, 0.2) is 5.82 Å². The number of fused-ring (bicyclic) bond motifs is 5. The summed E-state index contributed by atoms with van der Waals surface area (Å²) in [5.74, 6) is 0.674. The highest BCUT2D eigenvalue weighted by Crippen LogP contribution is 2.43. The molecule has 0 aliphatic heterocycles. The summed E-state index contributed by atoms with van der Waals surface area (Å²) in [6.07, 6.45) is 0. The van der Waals surface area contributed by atoms with Gasteiger partial charge in [-0.25, -0.2) is 15.0 Å². The fourth-order valence-electron chi connectivity index (χ4n) is 8.06. The second-order valence-electron chi connectivity index (χ2n) is 14.8. The minimum Gasteiger partial charge on any atom is -0.247 e.